The van der Waals surface area contributed by atoms with Gasteiger partial charge in [0.25, 0.3) is 26.2 Å². The van der Waals surface area contributed by atoms with Crippen LogP contribution in [0.15, 0.2) is 28.4 Å². The molecule has 0 bridgehead atoms. The van der Waals surface area contributed by atoms with Crippen LogP contribution in [-0.2, 0) is 39.8 Å². The highest BCUT2D eigenvalue weighted by Gasteiger charge is 2.29. The summed E-state index contributed by atoms with van der Waals surface area (Å²) in [6, 6.07) is 7.15. The van der Waals surface area contributed by atoms with E-state index in [1.807, 2.05) is 32.6 Å². The first-order chi connectivity index (χ1) is 25.3. The molecule has 0 radical (unpaired) electrons. The number of benzene rings is 1. The van der Waals surface area contributed by atoms with Gasteiger partial charge in [-0.1, -0.05) is 25.8 Å². The molecule has 22 nitrogen and oxygen atoms in total. The smallest absolute Gasteiger partial charge is 0.266 e. The molecule has 2 aromatic heterocycles. The number of nitriles is 1. The van der Waals surface area contributed by atoms with Crippen molar-refractivity contribution >= 4 is 73.0 Å². The minimum absolute atomic E-state index is 0.0175. The van der Waals surface area contributed by atoms with Crippen LogP contribution >= 0.6 is 12.0 Å². The Morgan fingerprint density at radius 3 is 2.28 bits per heavy atom. The summed E-state index contributed by atoms with van der Waals surface area (Å²) in [7, 11) is -8.40. The van der Waals surface area contributed by atoms with Gasteiger partial charge in [0.05, 0.1) is 22.9 Å². The van der Waals surface area contributed by atoms with Crippen molar-refractivity contribution in [1.29, 1.82) is 5.26 Å². The molecule has 25 heteroatoms. The van der Waals surface area contributed by atoms with Crippen molar-refractivity contribution in [3.63, 3.8) is 0 Å². The van der Waals surface area contributed by atoms with Crippen molar-refractivity contribution in [1.82, 2.24) is 24.7 Å². The van der Waals surface area contributed by atoms with Crippen molar-refractivity contribution in [3.05, 3.63) is 29.5 Å². The van der Waals surface area contributed by atoms with E-state index in [1.165, 1.54) is 11.6 Å². The van der Waals surface area contributed by atoms with Crippen LogP contribution in [0.3, 0.4) is 0 Å². The number of rotatable bonds is 21. The summed E-state index contributed by atoms with van der Waals surface area (Å²) >= 11 is 0.771. The van der Waals surface area contributed by atoms with Crippen LogP contribution in [0.4, 0.5) is 34.8 Å². The number of nitrogens with zero attached hydrogens (tertiary/aromatic N) is 9. The maximum absolute atomic E-state index is 12.2. The second-order valence-electron chi connectivity index (χ2n) is 12.4. The van der Waals surface area contributed by atoms with Crippen LogP contribution in [-0.4, -0.2) is 105 Å². The molecule has 6 N–H and O–H groups in total. The molecule has 1 amide bonds. The van der Waals surface area contributed by atoms with Gasteiger partial charge in [-0.3, -0.25) is 13.9 Å². The van der Waals surface area contributed by atoms with Crippen LogP contribution in [0, 0.1) is 11.3 Å². The van der Waals surface area contributed by atoms with Gasteiger partial charge in [-0.05, 0) is 38.0 Å². The first kappa shape index (κ1) is 43.9. The second kappa shape index (κ2) is 19.7. The Morgan fingerprint density at radius 2 is 1.70 bits per heavy atom. The summed E-state index contributed by atoms with van der Waals surface area (Å²) in [6.45, 7) is 9.64. The van der Waals surface area contributed by atoms with E-state index in [2.05, 4.69) is 61.7 Å². The predicted octanol–water partition coefficient (Wildman–Crippen LogP) is 3.88. The first-order valence-corrected chi connectivity index (χ1v) is 20.3. The SMILES string of the molecule is CCN(CCCCS(=O)(=O)O)c1ccc(N=Nc2c(C#N)c(C(C)(C)C)nn2-c2nc(NCCSOOO)nc(NCCS(=O)(=O)O)n2)c(NC(C)=O)c1. The number of carbonyl (C=O) groups is 1. The van der Waals surface area contributed by atoms with Gasteiger partial charge in [0.2, 0.25) is 17.8 Å². The lowest BCUT2D eigenvalue weighted by molar-refractivity contribution is -0.432. The van der Waals surface area contributed by atoms with Gasteiger partial charge >= 0.3 is 0 Å². The number of unbranched alkanes of at least 4 members (excludes halogenated alkanes) is 1. The minimum Gasteiger partial charge on any atom is -0.372 e. The average molecular weight is 815 g/mol. The number of carbonyl (C=O) groups excluding carboxylic acids is 1. The van der Waals surface area contributed by atoms with Crippen molar-refractivity contribution in [2.45, 2.75) is 52.9 Å². The second-order valence-corrected chi connectivity index (χ2v) is 16.3. The third-order valence-electron chi connectivity index (χ3n) is 7.06. The Balaban J connectivity index is 2.12. The fraction of sp³-hybridized carbons (Fsp3) is 0.517. The van der Waals surface area contributed by atoms with E-state index in [1.54, 1.807) is 18.2 Å². The molecule has 0 saturated heterocycles. The molecular weight excluding hydrogens is 773 g/mol. The van der Waals surface area contributed by atoms with Crippen molar-refractivity contribution < 1.29 is 45.4 Å². The maximum atomic E-state index is 12.2. The Labute approximate surface area is 316 Å². The monoisotopic (exact) mass is 814 g/mol. The zero-order valence-corrected chi connectivity index (χ0v) is 32.5. The van der Waals surface area contributed by atoms with Crippen LogP contribution in [0.1, 0.15) is 58.7 Å². The zero-order valence-electron chi connectivity index (χ0n) is 30.0. The van der Waals surface area contributed by atoms with Crippen LogP contribution in [0.25, 0.3) is 5.95 Å². The molecule has 54 heavy (non-hydrogen) atoms. The van der Waals surface area contributed by atoms with E-state index in [0.717, 1.165) is 12.0 Å². The molecule has 0 aliphatic rings. The highest BCUT2D eigenvalue weighted by Crippen LogP contribution is 2.36. The molecule has 0 atom stereocenters. The Morgan fingerprint density at radius 1 is 1.04 bits per heavy atom. The normalized spacial score (nSPS) is 12.1. The van der Waals surface area contributed by atoms with E-state index in [9.17, 15) is 31.4 Å². The van der Waals surface area contributed by atoms with E-state index >= 15 is 0 Å². The van der Waals surface area contributed by atoms with Gasteiger partial charge in [-0.15, -0.1) is 14.6 Å². The average Bonchev–Trinajstić information content (AvgIpc) is 3.46. The van der Waals surface area contributed by atoms with E-state index in [-0.39, 0.29) is 71.6 Å². The molecule has 0 saturated carbocycles. The topological polar surface area (TPSA) is 309 Å². The lowest BCUT2D eigenvalue weighted by Crippen LogP contribution is -2.24. The van der Waals surface area contributed by atoms with Gasteiger partial charge in [-0.25, -0.2) is 5.26 Å². The lowest BCUT2D eigenvalue weighted by Gasteiger charge is -2.24. The molecule has 3 rings (SSSR count). The zero-order chi connectivity index (χ0) is 40.1. The van der Waals surface area contributed by atoms with Gasteiger partial charge in [0.1, 0.15) is 17.3 Å². The molecule has 0 unspecified atom stereocenters. The summed E-state index contributed by atoms with van der Waals surface area (Å²) in [5, 5.41) is 44.0. The summed E-state index contributed by atoms with van der Waals surface area (Å²) in [5.74, 6) is -1.54. The Hall–Kier alpha value is -4.55. The van der Waals surface area contributed by atoms with Crippen LogP contribution in [0.5, 0.6) is 0 Å². The number of anilines is 4. The standard InChI is InChI=1S/C29H42N12O10S3/c1-6-40(13-7-8-15-53(44,45)46)20-9-10-22(23(17-20)33-19(2)42)37-38-25-21(18-30)24(29(3,4)5)39-41(25)28-35-26(31-11-14-52-51-50-43)34-27(36-28)32-12-16-54(47,48)49/h9-10,17,43H,6-8,11-16H2,1-5H3,(H,33,42)(H,44,45,46)(H,47,48,49)(H2,31,32,34,35,36). The number of azo groups is 1. The highest BCUT2D eigenvalue weighted by molar-refractivity contribution is 7.94. The quantitative estimate of drug-likeness (QED) is 0.0222. The van der Waals surface area contributed by atoms with Gasteiger partial charge in [0.15, 0.2) is 5.82 Å². The molecule has 2 heterocycles. The molecule has 1 aromatic carbocycles. The predicted molar refractivity (Wildman–Crippen MR) is 199 cm³/mol. The summed E-state index contributed by atoms with van der Waals surface area (Å²) in [6.07, 6.45) is 0.723. The molecule has 0 spiro atoms. The van der Waals surface area contributed by atoms with E-state index in [4.69, 9.17) is 9.81 Å². The largest absolute Gasteiger partial charge is 0.372 e. The van der Waals surface area contributed by atoms with Gasteiger partial charge in [-0.2, -0.15) is 46.8 Å². The van der Waals surface area contributed by atoms with E-state index < -0.39 is 37.3 Å². The lowest BCUT2D eigenvalue weighted by atomic mass is 9.90. The highest BCUT2D eigenvalue weighted by atomic mass is 32.2. The summed E-state index contributed by atoms with van der Waals surface area (Å²) in [4.78, 5) is 27.2. The Bertz CT molecular complexity index is 2050. The first-order valence-electron chi connectivity index (χ1n) is 16.2. The fourth-order valence-corrected chi connectivity index (χ4v) is 5.92. The maximum Gasteiger partial charge on any atom is 0.266 e. The number of hydrogen-bond donors (Lipinski definition) is 6. The van der Waals surface area contributed by atoms with Crippen molar-refractivity contribution in [2.75, 3.05) is 64.3 Å². The van der Waals surface area contributed by atoms with Crippen molar-refractivity contribution in [3.8, 4) is 12.0 Å². The Kier molecular flexibility index (Phi) is 16.0. The van der Waals surface area contributed by atoms with Crippen LogP contribution in [0.2, 0.25) is 0 Å². The minimum atomic E-state index is -4.32. The van der Waals surface area contributed by atoms with Gasteiger partial charge < -0.3 is 20.9 Å². The molecule has 0 fully saturated rings. The third-order valence-corrected chi connectivity index (χ3v) is 9.11. The van der Waals surface area contributed by atoms with Crippen molar-refractivity contribution in [2.24, 2.45) is 10.2 Å². The summed E-state index contributed by atoms with van der Waals surface area (Å²) in [5.41, 5.74) is 0.855. The van der Waals surface area contributed by atoms with E-state index in [0.29, 0.717) is 30.9 Å². The number of amides is 1. The number of nitrogens with one attached hydrogen (secondary N) is 3. The van der Waals surface area contributed by atoms with Gasteiger partial charge in [0, 0.05) is 62.0 Å². The molecule has 3 aromatic rings. The molecular formula is C29H42N12O10S3. The summed E-state index contributed by atoms with van der Waals surface area (Å²) < 4.78 is 68.7. The number of aromatic nitrogens is 5. The molecule has 0 aliphatic heterocycles. The van der Waals surface area contributed by atoms with Crippen LogP contribution < -0.4 is 20.9 Å². The third kappa shape index (κ3) is 14.0. The molecule has 296 valence electrons. The number of hydrogen-bond acceptors (Lipinski definition) is 19. The molecule has 0 aliphatic carbocycles. The fourth-order valence-electron chi connectivity index (χ4n) is 4.69.